The summed E-state index contributed by atoms with van der Waals surface area (Å²) in [7, 11) is 1.45. The van der Waals surface area contributed by atoms with Gasteiger partial charge in [-0.1, -0.05) is 38.4 Å². The number of ether oxygens (including phenoxy) is 1. The molecule has 0 aromatic heterocycles. The van der Waals surface area contributed by atoms with Gasteiger partial charge >= 0.3 is 5.97 Å². The molecule has 1 aliphatic rings. The van der Waals surface area contributed by atoms with Crippen molar-refractivity contribution in [2.45, 2.75) is 45.7 Å². The summed E-state index contributed by atoms with van der Waals surface area (Å²) in [5, 5.41) is 12.3. The second-order valence-corrected chi connectivity index (χ2v) is 8.00. The molecule has 1 aromatic rings. The van der Waals surface area contributed by atoms with Crippen LogP contribution in [0.5, 0.6) is 5.75 Å². The van der Waals surface area contributed by atoms with Crippen LogP contribution in [0.15, 0.2) is 18.2 Å². The quantitative estimate of drug-likeness (QED) is 0.797. The fraction of sp³-hybridized carbons (Fsp3) is 0.526. The van der Waals surface area contributed by atoms with E-state index >= 15 is 0 Å². The fourth-order valence-corrected chi connectivity index (χ4v) is 3.44. The van der Waals surface area contributed by atoms with Crippen molar-refractivity contribution in [3.8, 4) is 5.75 Å². The number of amides is 2. The van der Waals surface area contributed by atoms with Crippen LogP contribution in [-0.4, -0.2) is 53.5 Å². The number of hydrogen-bond acceptors (Lipinski definition) is 4. The highest BCUT2D eigenvalue weighted by atomic mass is 35.5. The predicted molar refractivity (Wildman–Crippen MR) is 101 cm³/mol. The molecule has 27 heavy (non-hydrogen) atoms. The summed E-state index contributed by atoms with van der Waals surface area (Å²) in [5.74, 6) is -1.60. The van der Waals surface area contributed by atoms with Gasteiger partial charge in [-0.15, -0.1) is 0 Å². The molecule has 0 unspecified atom stereocenters. The zero-order chi connectivity index (χ0) is 20.4. The molecular weight excluding hydrogens is 372 g/mol. The normalized spacial score (nSPS) is 18.1. The minimum Gasteiger partial charge on any atom is -0.495 e. The lowest BCUT2D eigenvalue weighted by Gasteiger charge is -2.35. The third-order valence-corrected chi connectivity index (χ3v) is 5.03. The Labute approximate surface area is 163 Å². The molecule has 0 aliphatic carbocycles. The molecule has 7 nitrogen and oxygen atoms in total. The summed E-state index contributed by atoms with van der Waals surface area (Å²) in [4.78, 5) is 38.6. The summed E-state index contributed by atoms with van der Waals surface area (Å²) >= 11 is 6.21. The van der Waals surface area contributed by atoms with Gasteiger partial charge < -0.3 is 20.1 Å². The van der Waals surface area contributed by atoms with Crippen molar-refractivity contribution in [2.75, 3.05) is 13.7 Å². The van der Waals surface area contributed by atoms with Crippen LogP contribution in [-0.2, 0) is 9.59 Å². The van der Waals surface area contributed by atoms with E-state index in [1.807, 2.05) is 20.8 Å². The number of rotatable bonds is 5. The highest BCUT2D eigenvalue weighted by Gasteiger charge is 2.42. The Kier molecular flexibility index (Phi) is 6.36. The molecule has 2 atom stereocenters. The number of methoxy groups -OCH3 is 1. The molecule has 148 valence electrons. The Morgan fingerprint density at radius 2 is 2.00 bits per heavy atom. The van der Waals surface area contributed by atoms with Gasteiger partial charge in [0.2, 0.25) is 5.91 Å². The van der Waals surface area contributed by atoms with Gasteiger partial charge in [-0.05, 0) is 30.4 Å². The van der Waals surface area contributed by atoms with Gasteiger partial charge in [0.1, 0.15) is 17.8 Å². The van der Waals surface area contributed by atoms with Crippen LogP contribution >= 0.6 is 11.6 Å². The number of benzene rings is 1. The van der Waals surface area contributed by atoms with Gasteiger partial charge in [0.25, 0.3) is 5.91 Å². The molecular formula is C19H25ClN2O5. The third kappa shape index (κ3) is 4.53. The maximum absolute atomic E-state index is 13.1. The van der Waals surface area contributed by atoms with Crippen molar-refractivity contribution in [1.82, 2.24) is 10.2 Å². The number of carbonyl (C=O) groups is 3. The van der Waals surface area contributed by atoms with Gasteiger partial charge in [-0.25, -0.2) is 4.79 Å². The second-order valence-electron chi connectivity index (χ2n) is 7.62. The van der Waals surface area contributed by atoms with E-state index in [1.54, 1.807) is 18.2 Å². The topological polar surface area (TPSA) is 95.9 Å². The fourth-order valence-electron chi connectivity index (χ4n) is 3.15. The summed E-state index contributed by atoms with van der Waals surface area (Å²) < 4.78 is 5.12. The van der Waals surface area contributed by atoms with Crippen molar-refractivity contribution in [1.29, 1.82) is 0 Å². The zero-order valence-electron chi connectivity index (χ0n) is 15.9. The standard InChI is InChI=1S/C19H25ClN2O5/c1-19(2,3)15(17(24)22-10-6-8-12(22)18(25)26)21-16(23)11-7-5-9-13(27-4)14(11)20/h5,7,9,12,15H,6,8,10H2,1-4H3,(H,21,23)(H,25,26)/t12-,15+/m0/s1. The van der Waals surface area contributed by atoms with Crippen molar-refractivity contribution in [2.24, 2.45) is 5.41 Å². The summed E-state index contributed by atoms with van der Waals surface area (Å²) in [6.45, 7) is 5.80. The summed E-state index contributed by atoms with van der Waals surface area (Å²) in [5.41, 5.74) is -0.432. The van der Waals surface area contributed by atoms with E-state index in [0.717, 1.165) is 0 Å². The van der Waals surface area contributed by atoms with Crippen molar-refractivity contribution in [3.63, 3.8) is 0 Å². The van der Waals surface area contributed by atoms with Gasteiger partial charge in [0.05, 0.1) is 17.7 Å². The Morgan fingerprint density at radius 3 is 2.56 bits per heavy atom. The monoisotopic (exact) mass is 396 g/mol. The molecule has 1 aliphatic heterocycles. The lowest BCUT2D eigenvalue weighted by Crippen LogP contribution is -2.56. The number of hydrogen-bond donors (Lipinski definition) is 2. The van der Waals surface area contributed by atoms with Crippen LogP contribution in [0.4, 0.5) is 0 Å². The van der Waals surface area contributed by atoms with E-state index in [1.165, 1.54) is 12.0 Å². The number of carboxylic acid groups (broad SMARTS) is 1. The van der Waals surface area contributed by atoms with E-state index in [0.29, 0.717) is 25.1 Å². The molecule has 2 N–H and O–H groups in total. The minimum atomic E-state index is -1.03. The van der Waals surface area contributed by atoms with Crippen LogP contribution in [0, 0.1) is 5.41 Å². The summed E-state index contributed by atoms with van der Waals surface area (Å²) in [6, 6.07) is 3.05. The smallest absolute Gasteiger partial charge is 0.326 e. The van der Waals surface area contributed by atoms with E-state index in [9.17, 15) is 19.5 Å². The van der Waals surface area contributed by atoms with Gasteiger partial charge in [0.15, 0.2) is 0 Å². The van der Waals surface area contributed by atoms with Gasteiger partial charge in [-0.3, -0.25) is 9.59 Å². The van der Waals surface area contributed by atoms with E-state index in [2.05, 4.69) is 5.32 Å². The van der Waals surface area contributed by atoms with Crippen LogP contribution < -0.4 is 10.1 Å². The zero-order valence-corrected chi connectivity index (χ0v) is 16.7. The molecule has 0 radical (unpaired) electrons. The molecule has 1 fully saturated rings. The average molecular weight is 397 g/mol. The van der Waals surface area contributed by atoms with E-state index in [4.69, 9.17) is 16.3 Å². The van der Waals surface area contributed by atoms with Gasteiger partial charge in [0, 0.05) is 6.54 Å². The second kappa shape index (κ2) is 8.17. The van der Waals surface area contributed by atoms with Gasteiger partial charge in [-0.2, -0.15) is 0 Å². The number of carbonyl (C=O) groups excluding carboxylic acids is 2. The van der Waals surface area contributed by atoms with Crippen LogP contribution in [0.2, 0.25) is 5.02 Å². The number of likely N-dealkylation sites (tertiary alicyclic amines) is 1. The first-order valence-corrected chi connectivity index (χ1v) is 9.12. The van der Waals surface area contributed by atoms with Crippen LogP contribution in [0.3, 0.4) is 0 Å². The average Bonchev–Trinajstić information content (AvgIpc) is 3.08. The Morgan fingerprint density at radius 1 is 1.33 bits per heavy atom. The lowest BCUT2D eigenvalue weighted by molar-refractivity contribution is -0.150. The molecule has 8 heteroatoms. The lowest BCUT2D eigenvalue weighted by atomic mass is 9.85. The molecule has 0 bridgehead atoms. The third-order valence-electron chi connectivity index (χ3n) is 4.64. The van der Waals surface area contributed by atoms with Crippen LogP contribution in [0.25, 0.3) is 0 Å². The van der Waals surface area contributed by atoms with Crippen molar-refractivity contribution >= 4 is 29.4 Å². The SMILES string of the molecule is COc1cccc(C(=O)N[C@H](C(=O)N2CCC[C@H]2C(=O)O)C(C)(C)C)c1Cl. The molecule has 0 spiro atoms. The van der Waals surface area contributed by atoms with E-state index in [-0.39, 0.29) is 10.6 Å². The number of nitrogens with one attached hydrogen (secondary N) is 1. The highest BCUT2D eigenvalue weighted by molar-refractivity contribution is 6.35. The van der Waals surface area contributed by atoms with Crippen LogP contribution in [0.1, 0.15) is 44.0 Å². The molecule has 2 amide bonds. The Balaban J connectivity index is 2.29. The maximum atomic E-state index is 13.1. The summed E-state index contributed by atoms with van der Waals surface area (Å²) in [6.07, 6.45) is 1.03. The molecule has 0 saturated carbocycles. The van der Waals surface area contributed by atoms with Crippen molar-refractivity contribution < 1.29 is 24.2 Å². The number of aliphatic carboxylic acids is 1. The largest absolute Gasteiger partial charge is 0.495 e. The highest BCUT2D eigenvalue weighted by Crippen LogP contribution is 2.29. The maximum Gasteiger partial charge on any atom is 0.326 e. The predicted octanol–water partition coefficient (Wildman–Crippen LogP) is 2.57. The molecule has 1 saturated heterocycles. The molecule has 2 rings (SSSR count). The number of halogens is 1. The first-order valence-electron chi connectivity index (χ1n) is 8.74. The Hall–Kier alpha value is -2.28. The Bertz CT molecular complexity index is 744. The minimum absolute atomic E-state index is 0.155. The molecule has 1 aromatic carbocycles. The number of nitrogens with zero attached hydrogens (tertiary/aromatic N) is 1. The first-order chi connectivity index (χ1) is 12.6. The van der Waals surface area contributed by atoms with Crippen molar-refractivity contribution in [3.05, 3.63) is 28.8 Å². The molecule has 1 heterocycles. The van der Waals surface area contributed by atoms with E-state index < -0.39 is 35.3 Å². The first kappa shape index (κ1) is 21.0. The number of carboxylic acids is 1.